The average molecular weight is 301 g/mol. The second-order valence-electron chi connectivity index (χ2n) is 5.65. The average Bonchev–Trinajstić information content (AvgIpc) is 2.62. The van der Waals surface area contributed by atoms with Crippen LogP contribution in [-0.4, -0.2) is 5.91 Å². The number of rotatable bonds is 5. The van der Waals surface area contributed by atoms with Gasteiger partial charge in [0.05, 0.1) is 5.41 Å². The fourth-order valence-electron chi connectivity index (χ4n) is 3.24. The molecule has 2 N–H and O–H groups in total. The molecule has 0 aliphatic rings. The molecule has 1 amide bonds. The number of primary amides is 1. The van der Waals surface area contributed by atoms with Gasteiger partial charge in [0.1, 0.15) is 0 Å². The number of amides is 1. The van der Waals surface area contributed by atoms with Gasteiger partial charge < -0.3 is 5.73 Å². The maximum absolute atomic E-state index is 12.0. The molecule has 0 unspecified atom stereocenters. The third-order valence-electron chi connectivity index (χ3n) is 4.24. The Hall–Kier alpha value is -2.87. The van der Waals surface area contributed by atoms with E-state index >= 15 is 0 Å². The van der Waals surface area contributed by atoms with Crippen molar-refractivity contribution in [1.29, 1.82) is 0 Å². The van der Waals surface area contributed by atoms with Crippen molar-refractivity contribution in [2.45, 2.75) is 11.8 Å². The van der Waals surface area contributed by atoms with Gasteiger partial charge in [-0.25, -0.2) is 0 Å². The first-order valence-electron chi connectivity index (χ1n) is 7.68. The molecule has 0 saturated carbocycles. The fraction of sp³-hybridized carbons (Fsp3) is 0.0952. The smallest absolute Gasteiger partial charge is 0.218 e. The molecule has 2 heteroatoms. The Kier molecular flexibility index (Phi) is 4.24. The highest BCUT2D eigenvalue weighted by molar-refractivity contribution is 5.78. The van der Waals surface area contributed by atoms with E-state index in [2.05, 4.69) is 36.4 Å². The zero-order valence-electron chi connectivity index (χ0n) is 12.9. The maximum atomic E-state index is 12.0. The van der Waals surface area contributed by atoms with Crippen LogP contribution in [0.25, 0.3) is 0 Å². The Labute approximate surface area is 136 Å². The Morgan fingerprint density at radius 1 is 0.652 bits per heavy atom. The molecule has 0 spiro atoms. The normalized spacial score (nSPS) is 11.1. The topological polar surface area (TPSA) is 43.1 Å². The Balaban J connectivity index is 2.32. The lowest BCUT2D eigenvalue weighted by Gasteiger charge is -2.35. The molecule has 0 aromatic heterocycles. The number of hydrogen-bond donors (Lipinski definition) is 1. The number of carbonyl (C=O) groups is 1. The van der Waals surface area contributed by atoms with Crippen molar-refractivity contribution in [2.75, 3.05) is 0 Å². The van der Waals surface area contributed by atoms with Crippen LogP contribution in [0.15, 0.2) is 91.0 Å². The molecule has 2 nitrogen and oxygen atoms in total. The van der Waals surface area contributed by atoms with Gasteiger partial charge in [0.25, 0.3) is 0 Å². The molecule has 0 heterocycles. The van der Waals surface area contributed by atoms with Crippen LogP contribution in [0.5, 0.6) is 0 Å². The zero-order chi connectivity index (χ0) is 16.1. The van der Waals surface area contributed by atoms with Crippen LogP contribution in [0.2, 0.25) is 0 Å². The molecule has 0 radical (unpaired) electrons. The van der Waals surface area contributed by atoms with Crippen molar-refractivity contribution in [3.63, 3.8) is 0 Å². The first kappa shape index (κ1) is 15.0. The van der Waals surface area contributed by atoms with E-state index in [0.717, 1.165) is 16.7 Å². The number of benzene rings is 3. The van der Waals surface area contributed by atoms with Crippen molar-refractivity contribution >= 4 is 5.91 Å². The molecule has 0 fully saturated rings. The molecular formula is C21H19NO. The minimum Gasteiger partial charge on any atom is -0.370 e. The molecule has 0 bridgehead atoms. The van der Waals surface area contributed by atoms with Crippen LogP contribution in [0.3, 0.4) is 0 Å². The minimum atomic E-state index is -0.574. The fourth-order valence-corrected chi connectivity index (χ4v) is 3.24. The molecule has 3 aromatic rings. The maximum Gasteiger partial charge on any atom is 0.218 e. The lowest BCUT2D eigenvalue weighted by atomic mass is 9.67. The summed E-state index contributed by atoms with van der Waals surface area (Å²) in [6.07, 6.45) is 0.227. The van der Waals surface area contributed by atoms with E-state index in [-0.39, 0.29) is 12.3 Å². The lowest BCUT2D eigenvalue weighted by molar-refractivity contribution is -0.118. The van der Waals surface area contributed by atoms with Gasteiger partial charge >= 0.3 is 0 Å². The van der Waals surface area contributed by atoms with Crippen LogP contribution in [0, 0.1) is 0 Å². The molecular weight excluding hydrogens is 282 g/mol. The zero-order valence-corrected chi connectivity index (χ0v) is 12.9. The minimum absolute atomic E-state index is 0.227. The SMILES string of the molecule is NC(=O)CC(c1ccccc1)(c1ccccc1)c1ccccc1. The molecule has 3 rings (SSSR count). The van der Waals surface area contributed by atoms with Crippen molar-refractivity contribution in [3.8, 4) is 0 Å². The monoisotopic (exact) mass is 301 g/mol. The summed E-state index contributed by atoms with van der Waals surface area (Å²) in [5.41, 5.74) is 8.28. The quantitative estimate of drug-likeness (QED) is 0.714. The van der Waals surface area contributed by atoms with Gasteiger partial charge in [-0.15, -0.1) is 0 Å². The van der Waals surface area contributed by atoms with E-state index in [9.17, 15) is 4.79 Å². The lowest BCUT2D eigenvalue weighted by Crippen LogP contribution is -2.34. The second kappa shape index (κ2) is 6.49. The Morgan fingerprint density at radius 2 is 0.957 bits per heavy atom. The van der Waals surface area contributed by atoms with Gasteiger partial charge in [0.15, 0.2) is 0 Å². The van der Waals surface area contributed by atoms with E-state index in [1.807, 2.05) is 54.6 Å². The summed E-state index contributed by atoms with van der Waals surface area (Å²) in [6.45, 7) is 0. The van der Waals surface area contributed by atoms with Gasteiger partial charge in [0.2, 0.25) is 5.91 Å². The van der Waals surface area contributed by atoms with Gasteiger partial charge in [-0.2, -0.15) is 0 Å². The summed E-state index contributed by atoms with van der Waals surface area (Å²) in [6, 6.07) is 30.3. The van der Waals surface area contributed by atoms with E-state index < -0.39 is 5.41 Å². The van der Waals surface area contributed by atoms with E-state index in [1.54, 1.807) is 0 Å². The summed E-state index contributed by atoms with van der Waals surface area (Å²) in [7, 11) is 0. The third-order valence-corrected chi connectivity index (χ3v) is 4.24. The summed E-state index contributed by atoms with van der Waals surface area (Å²) < 4.78 is 0. The van der Waals surface area contributed by atoms with E-state index in [1.165, 1.54) is 0 Å². The number of hydrogen-bond acceptors (Lipinski definition) is 1. The molecule has 0 aliphatic heterocycles. The molecule has 0 saturated heterocycles. The standard InChI is InChI=1S/C21H19NO/c22-20(23)16-21(17-10-4-1-5-11-17,18-12-6-2-7-13-18)19-14-8-3-9-15-19/h1-15H,16H2,(H2,22,23). The summed E-state index contributed by atoms with van der Waals surface area (Å²) >= 11 is 0. The predicted molar refractivity (Wildman–Crippen MR) is 93.0 cm³/mol. The van der Waals surface area contributed by atoms with Crippen molar-refractivity contribution in [1.82, 2.24) is 0 Å². The van der Waals surface area contributed by atoms with Crippen LogP contribution < -0.4 is 5.73 Å². The van der Waals surface area contributed by atoms with Gasteiger partial charge in [-0.1, -0.05) is 91.0 Å². The first-order chi connectivity index (χ1) is 11.2. The van der Waals surface area contributed by atoms with Crippen LogP contribution in [-0.2, 0) is 10.2 Å². The van der Waals surface area contributed by atoms with Crippen molar-refractivity contribution < 1.29 is 4.79 Å². The number of nitrogens with two attached hydrogens (primary N) is 1. The highest BCUT2D eigenvalue weighted by atomic mass is 16.1. The largest absolute Gasteiger partial charge is 0.370 e. The van der Waals surface area contributed by atoms with E-state index in [4.69, 9.17) is 5.73 Å². The second-order valence-corrected chi connectivity index (χ2v) is 5.65. The first-order valence-corrected chi connectivity index (χ1v) is 7.68. The third kappa shape index (κ3) is 2.88. The van der Waals surface area contributed by atoms with Crippen LogP contribution in [0.1, 0.15) is 23.1 Å². The molecule has 0 atom stereocenters. The summed E-state index contributed by atoms with van der Waals surface area (Å²) in [5, 5.41) is 0. The molecule has 23 heavy (non-hydrogen) atoms. The van der Waals surface area contributed by atoms with Gasteiger partial charge in [-0.05, 0) is 16.7 Å². The van der Waals surface area contributed by atoms with E-state index in [0.29, 0.717) is 0 Å². The number of carbonyl (C=O) groups excluding carboxylic acids is 1. The molecule has 3 aromatic carbocycles. The summed E-state index contributed by atoms with van der Waals surface area (Å²) in [4.78, 5) is 12.0. The van der Waals surface area contributed by atoms with Gasteiger partial charge in [-0.3, -0.25) is 4.79 Å². The highest BCUT2D eigenvalue weighted by Gasteiger charge is 2.37. The Morgan fingerprint density at radius 3 is 1.22 bits per heavy atom. The van der Waals surface area contributed by atoms with Gasteiger partial charge in [0, 0.05) is 6.42 Å². The molecule has 0 aliphatic carbocycles. The Bertz CT molecular complexity index is 670. The van der Waals surface area contributed by atoms with Crippen LogP contribution in [0.4, 0.5) is 0 Å². The summed E-state index contributed by atoms with van der Waals surface area (Å²) in [5.74, 6) is -0.318. The van der Waals surface area contributed by atoms with Crippen molar-refractivity contribution in [3.05, 3.63) is 108 Å². The predicted octanol–water partition coefficient (Wildman–Crippen LogP) is 3.90. The molecule has 114 valence electrons. The van der Waals surface area contributed by atoms with Crippen molar-refractivity contribution in [2.24, 2.45) is 5.73 Å². The highest BCUT2D eigenvalue weighted by Crippen LogP contribution is 2.41. The van der Waals surface area contributed by atoms with Crippen LogP contribution >= 0.6 is 0 Å².